The summed E-state index contributed by atoms with van der Waals surface area (Å²) in [6.45, 7) is 5.89. The van der Waals surface area contributed by atoms with E-state index in [1.807, 2.05) is 44.2 Å². The van der Waals surface area contributed by atoms with Gasteiger partial charge in [-0.25, -0.2) is 8.42 Å². The smallest absolute Gasteiger partial charge is 0.264 e. The first kappa shape index (κ1) is 32.3. The third kappa shape index (κ3) is 7.73. The van der Waals surface area contributed by atoms with E-state index in [1.54, 1.807) is 31.2 Å². The van der Waals surface area contributed by atoms with Gasteiger partial charge >= 0.3 is 0 Å². The fraction of sp³-hybridized carbons (Fsp3) is 0.355. The molecule has 0 radical (unpaired) electrons. The first-order valence-electron chi connectivity index (χ1n) is 13.8. The summed E-state index contributed by atoms with van der Waals surface area (Å²) in [5.74, 6) is 0.310. The van der Waals surface area contributed by atoms with Crippen LogP contribution in [0, 0.1) is 0 Å². The first-order chi connectivity index (χ1) is 20.2. The molecule has 0 aliphatic heterocycles. The van der Waals surface area contributed by atoms with E-state index in [-0.39, 0.29) is 28.8 Å². The average molecular weight is 598 g/mol. The molecule has 1 atom stereocenters. The molecule has 0 saturated heterocycles. The highest BCUT2D eigenvalue weighted by Gasteiger charge is 2.34. The number of likely N-dealkylation sites (N-methyl/N-ethyl adjacent to an activating group) is 1. The molecule has 3 aromatic rings. The van der Waals surface area contributed by atoms with E-state index in [1.165, 1.54) is 37.3 Å². The van der Waals surface area contributed by atoms with E-state index >= 15 is 0 Å². The van der Waals surface area contributed by atoms with E-state index in [2.05, 4.69) is 5.32 Å². The van der Waals surface area contributed by atoms with Crippen LogP contribution >= 0.6 is 0 Å². The number of hydrogen-bond donors (Lipinski definition) is 1. The summed E-state index contributed by atoms with van der Waals surface area (Å²) < 4.78 is 45.5. The third-order valence-electron chi connectivity index (χ3n) is 6.59. The van der Waals surface area contributed by atoms with Gasteiger partial charge in [0.1, 0.15) is 18.3 Å². The highest BCUT2D eigenvalue weighted by molar-refractivity contribution is 7.92. The summed E-state index contributed by atoms with van der Waals surface area (Å²) in [7, 11) is -1.42. The lowest BCUT2D eigenvalue weighted by molar-refractivity contribution is -0.140. The minimum Gasteiger partial charge on any atom is -0.494 e. The Balaban J connectivity index is 2.09. The van der Waals surface area contributed by atoms with Gasteiger partial charge in [-0.15, -0.1) is 0 Å². The summed E-state index contributed by atoms with van der Waals surface area (Å²) in [4.78, 5) is 28.5. The van der Waals surface area contributed by atoms with Crippen LogP contribution in [0.1, 0.15) is 32.8 Å². The normalized spacial score (nSPS) is 11.7. The number of sulfonamides is 1. The van der Waals surface area contributed by atoms with Crippen LogP contribution in [0.4, 0.5) is 5.69 Å². The van der Waals surface area contributed by atoms with Crippen LogP contribution in [0.3, 0.4) is 0 Å². The predicted molar refractivity (Wildman–Crippen MR) is 161 cm³/mol. The SMILES string of the molecule is CCNC(=O)[C@H](CC)N(Cc1ccccc1)C(=O)CN(c1ccc(OCC)cc1)S(=O)(=O)c1ccc(OC)c(OC)c1. The topological polar surface area (TPSA) is 114 Å². The number of hydrogen-bond acceptors (Lipinski definition) is 7. The Labute approximate surface area is 248 Å². The molecule has 0 saturated carbocycles. The lowest BCUT2D eigenvalue weighted by Gasteiger charge is -2.33. The van der Waals surface area contributed by atoms with Crippen LogP contribution in [0.15, 0.2) is 77.7 Å². The van der Waals surface area contributed by atoms with Gasteiger partial charge in [0.05, 0.1) is 31.4 Å². The maximum atomic E-state index is 14.2. The fourth-order valence-electron chi connectivity index (χ4n) is 4.50. The molecule has 0 fully saturated rings. The number of rotatable bonds is 15. The van der Waals surface area contributed by atoms with Gasteiger partial charge in [0, 0.05) is 19.2 Å². The van der Waals surface area contributed by atoms with Crippen LogP contribution in [-0.4, -0.2) is 65.1 Å². The van der Waals surface area contributed by atoms with Crippen LogP contribution in [0.5, 0.6) is 17.2 Å². The van der Waals surface area contributed by atoms with Gasteiger partial charge in [-0.3, -0.25) is 13.9 Å². The molecule has 0 bridgehead atoms. The quantitative estimate of drug-likeness (QED) is 0.279. The monoisotopic (exact) mass is 597 g/mol. The number of carbonyl (C=O) groups is 2. The zero-order chi connectivity index (χ0) is 30.7. The maximum Gasteiger partial charge on any atom is 0.264 e. The number of methoxy groups -OCH3 is 2. The van der Waals surface area contributed by atoms with Crippen molar-refractivity contribution in [2.75, 3.05) is 38.2 Å². The largest absolute Gasteiger partial charge is 0.494 e. The minimum atomic E-state index is -4.29. The first-order valence-corrected chi connectivity index (χ1v) is 15.2. The summed E-state index contributed by atoms with van der Waals surface area (Å²) in [5, 5.41) is 2.80. The highest BCUT2D eigenvalue weighted by atomic mass is 32.2. The van der Waals surface area contributed by atoms with Gasteiger partial charge in [-0.05, 0) is 62.2 Å². The van der Waals surface area contributed by atoms with E-state index < -0.39 is 28.5 Å². The zero-order valence-corrected chi connectivity index (χ0v) is 25.5. The number of nitrogens with one attached hydrogen (secondary N) is 1. The number of amides is 2. The molecular weight excluding hydrogens is 558 g/mol. The number of ether oxygens (including phenoxy) is 3. The van der Waals surface area contributed by atoms with Crippen molar-refractivity contribution in [3.63, 3.8) is 0 Å². The van der Waals surface area contributed by atoms with E-state index in [4.69, 9.17) is 14.2 Å². The predicted octanol–water partition coefficient (Wildman–Crippen LogP) is 4.24. The molecule has 0 unspecified atom stereocenters. The molecule has 2 amide bonds. The standard InChI is InChI=1S/C31H39N3O7S/c1-6-27(31(36)32-7-2)33(21-23-12-10-9-11-13-23)30(35)22-34(24-14-16-25(17-15-24)41-8-3)42(37,38)26-18-19-28(39-4)29(20-26)40-5/h9-20,27H,6-8,21-22H2,1-5H3,(H,32,36)/t27-/m0/s1. The van der Waals surface area contributed by atoms with Crippen molar-refractivity contribution in [1.82, 2.24) is 10.2 Å². The van der Waals surface area contributed by atoms with Gasteiger partial charge in [0.2, 0.25) is 11.8 Å². The van der Waals surface area contributed by atoms with Gasteiger partial charge in [0.25, 0.3) is 10.0 Å². The van der Waals surface area contributed by atoms with Crippen molar-refractivity contribution in [3.8, 4) is 17.2 Å². The Morgan fingerprint density at radius 2 is 1.55 bits per heavy atom. The lowest BCUT2D eigenvalue weighted by atomic mass is 10.1. The number of carbonyl (C=O) groups excluding carboxylic acids is 2. The van der Waals surface area contributed by atoms with E-state index in [0.717, 1.165) is 9.87 Å². The molecule has 0 aliphatic rings. The molecule has 0 aromatic heterocycles. The Morgan fingerprint density at radius 3 is 2.12 bits per heavy atom. The summed E-state index contributed by atoms with van der Waals surface area (Å²) in [6.07, 6.45) is 0.343. The molecule has 42 heavy (non-hydrogen) atoms. The molecule has 10 nitrogen and oxygen atoms in total. The Morgan fingerprint density at radius 1 is 0.881 bits per heavy atom. The Hall–Kier alpha value is -4.25. The van der Waals surface area contributed by atoms with Crippen LogP contribution in [0.25, 0.3) is 0 Å². The van der Waals surface area contributed by atoms with Crippen molar-refractivity contribution >= 4 is 27.5 Å². The van der Waals surface area contributed by atoms with Crippen molar-refractivity contribution in [2.45, 2.75) is 44.7 Å². The maximum absolute atomic E-state index is 14.2. The molecule has 1 N–H and O–H groups in total. The van der Waals surface area contributed by atoms with Crippen molar-refractivity contribution in [2.24, 2.45) is 0 Å². The Kier molecular flexibility index (Phi) is 11.6. The van der Waals surface area contributed by atoms with Crippen molar-refractivity contribution < 1.29 is 32.2 Å². The van der Waals surface area contributed by atoms with Crippen LogP contribution < -0.4 is 23.8 Å². The molecular formula is C31H39N3O7S. The molecule has 0 aliphatic carbocycles. The second-order valence-electron chi connectivity index (χ2n) is 9.28. The van der Waals surface area contributed by atoms with Gasteiger partial charge < -0.3 is 24.4 Å². The molecule has 0 spiro atoms. The molecule has 3 aromatic carbocycles. The van der Waals surface area contributed by atoms with E-state index in [9.17, 15) is 18.0 Å². The zero-order valence-electron chi connectivity index (χ0n) is 24.7. The number of nitrogens with zero attached hydrogens (tertiary/aromatic N) is 2. The Bertz CT molecular complexity index is 1430. The molecule has 3 rings (SSSR count). The fourth-order valence-corrected chi connectivity index (χ4v) is 5.93. The van der Waals surface area contributed by atoms with Gasteiger partial charge in [0.15, 0.2) is 11.5 Å². The van der Waals surface area contributed by atoms with Crippen LogP contribution in [-0.2, 0) is 26.2 Å². The lowest BCUT2D eigenvalue weighted by Crippen LogP contribution is -2.52. The van der Waals surface area contributed by atoms with Crippen molar-refractivity contribution in [1.29, 1.82) is 0 Å². The van der Waals surface area contributed by atoms with Gasteiger partial charge in [-0.1, -0.05) is 37.3 Å². The highest BCUT2D eigenvalue weighted by Crippen LogP contribution is 2.33. The number of benzene rings is 3. The summed E-state index contributed by atoms with van der Waals surface area (Å²) >= 11 is 0. The summed E-state index contributed by atoms with van der Waals surface area (Å²) in [5.41, 5.74) is 1.07. The van der Waals surface area contributed by atoms with E-state index in [0.29, 0.717) is 31.1 Å². The second kappa shape index (κ2) is 15.1. The van der Waals surface area contributed by atoms with Crippen molar-refractivity contribution in [3.05, 3.63) is 78.4 Å². The third-order valence-corrected chi connectivity index (χ3v) is 8.36. The summed E-state index contributed by atoms with van der Waals surface area (Å²) in [6, 6.07) is 19.2. The molecule has 11 heteroatoms. The van der Waals surface area contributed by atoms with Crippen LogP contribution in [0.2, 0.25) is 0 Å². The molecule has 0 heterocycles. The average Bonchev–Trinajstić information content (AvgIpc) is 3.00. The van der Waals surface area contributed by atoms with Gasteiger partial charge in [-0.2, -0.15) is 0 Å². The molecule has 226 valence electrons. The minimum absolute atomic E-state index is 0.0905. The second-order valence-corrected chi connectivity index (χ2v) is 11.1. The number of anilines is 1.